The minimum Gasteiger partial charge on any atom is -1.00 e. The van der Waals surface area contributed by atoms with E-state index in [1.807, 2.05) is 13.0 Å². The molecule has 0 aliphatic rings. The number of halogens is 1. The third-order valence-corrected chi connectivity index (χ3v) is 2.84. The second-order valence-electron chi connectivity index (χ2n) is 4.59. The van der Waals surface area contributed by atoms with E-state index in [4.69, 9.17) is 4.42 Å². The Kier molecular flexibility index (Phi) is 6.52. The highest BCUT2D eigenvalue weighted by atomic mass is 127. The Morgan fingerprint density at radius 2 is 1.93 bits per heavy atom. The third-order valence-electron chi connectivity index (χ3n) is 2.84. The predicted molar refractivity (Wildman–Crippen MR) is 59.3 cm³/mol. The summed E-state index contributed by atoms with van der Waals surface area (Å²) in [5, 5.41) is 0. The molecule has 1 aromatic heterocycles. The van der Waals surface area contributed by atoms with Crippen molar-refractivity contribution < 1.29 is 32.9 Å². The van der Waals surface area contributed by atoms with Crippen molar-refractivity contribution in [3.05, 3.63) is 23.7 Å². The zero-order chi connectivity index (χ0) is 10.6. The SMILES string of the molecule is CC[N+](C)(C)CCCc1ccc(C)o1.[I-]. The van der Waals surface area contributed by atoms with E-state index in [1.54, 1.807) is 0 Å². The second kappa shape index (κ2) is 6.53. The predicted octanol–water partition coefficient (Wildman–Crippen LogP) is -0.379. The van der Waals surface area contributed by atoms with Gasteiger partial charge in [0.2, 0.25) is 0 Å². The molecule has 0 atom stereocenters. The summed E-state index contributed by atoms with van der Waals surface area (Å²) in [5.41, 5.74) is 0. The van der Waals surface area contributed by atoms with E-state index < -0.39 is 0 Å². The van der Waals surface area contributed by atoms with Gasteiger partial charge in [-0.25, -0.2) is 0 Å². The number of hydrogen-bond acceptors (Lipinski definition) is 1. The van der Waals surface area contributed by atoms with Gasteiger partial charge in [-0.3, -0.25) is 0 Å². The molecule has 0 amide bonds. The van der Waals surface area contributed by atoms with Crippen LogP contribution < -0.4 is 24.0 Å². The van der Waals surface area contributed by atoms with Crippen LogP contribution in [0, 0.1) is 6.92 Å². The molecule has 1 rings (SSSR count). The highest BCUT2D eigenvalue weighted by Gasteiger charge is 2.11. The smallest absolute Gasteiger partial charge is 0.104 e. The van der Waals surface area contributed by atoms with Gasteiger partial charge in [0.1, 0.15) is 11.5 Å². The molecule has 0 radical (unpaired) electrons. The zero-order valence-electron chi connectivity index (χ0n) is 10.2. The first kappa shape index (κ1) is 15.0. The van der Waals surface area contributed by atoms with Gasteiger partial charge in [-0.1, -0.05) is 0 Å². The Morgan fingerprint density at radius 1 is 1.27 bits per heavy atom. The minimum atomic E-state index is 0. The summed E-state index contributed by atoms with van der Waals surface area (Å²) < 4.78 is 6.62. The molecule has 0 bridgehead atoms. The second-order valence-corrected chi connectivity index (χ2v) is 4.59. The van der Waals surface area contributed by atoms with Gasteiger partial charge in [0.05, 0.1) is 27.2 Å². The molecule has 0 fully saturated rings. The van der Waals surface area contributed by atoms with Crippen molar-refractivity contribution in [2.75, 3.05) is 27.2 Å². The first-order chi connectivity index (χ1) is 6.53. The standard InChI is InChI=1S/C12H22NO.HI/c1-5-13(3,4)10-6-7-12-9-8-11(2)14-12;/h8-9H,5-7,10H2,1-4H3;1H/q+1;/p-1. The van der Waals surface area contributed by atoms with Gasteiger partial charge in [-0.15, -0.1) is 0 Å². The molecule has 0 N–H and O–H groups in total. The van der Waals surface area contributed by atoms with Crippen LogP contribution in [-0.4, -0.2) is 31.7 Å². The lowest BCUT2D eigenvalue weighted by Crippen LogP contribution is -3.00. The van der Waals surface area contributed by atoms with Gasteiger partial charge in [0.15, 0.2) is 0 Å². The van der Waals surface area contributed by atoms with Crippen LogP contribution in [0.1, 0.15) is 24.9 Å². The van der Waals surface area contributed by atoms with Crippen LogP contribution in [0.4, 0.5) is 0 Å². The summed E-state index contributed by atoms with van der Waals surface area (Å²) in [6, 6.07) is 4.12. The van der Waals surface area contributed by atoms with E-state index >= 15 is 0 Å². The molecular formula is C12H22INO. The number of furan rings is 1. The third kappa shape index (κ3) is 5.56. The Morgan fingerprint density at radius 3 is 2.40 bits per heavy atom. The molecule has 88 valence electrons. The van der Waals surface area contributed by atoms with E-state index in [1.165, 1.54) is 19.5 Å². The maximum absolute atomic E-state index is 5.52. The first-order valence-electron chi connectivity index (χ1n) is 5.41. The summed E-state index contributed by atoms with van der Waals surface area (Å²) in [7, 11) is 4.54. The molecule has 3 heteroatoms. The van der Waals surface area contributed by atoms with Gasteiger partial charge < -0.3 is 32.9 Å². The fourth-order valence-electron chi connectivity index (χ4n) is 1.46. The van der Waals surface area contributed by atoms with Crippen LogP contribution in [-0.2, 0) is 6.42 Å². The molecule has 1 aromatic rings. The molecule has 0 aliphatic heterocycles. The molecule has 0 aliphatic carbocycles. The molecule has 1 heterocycles. The molecule has 0 saturated carbocycles. The van der Waals surface area contributed by atoms with Crippen LogP contribution >= 0.6 is 0 Å². The number of nitrogens with zero attached hydrogens (tertiary/aromatic N) is 1. The maximum atomic E-state index is 5.52. The molecule has 15 heavy (non-hydrogen) atoms. The molecular weight excluding hydrogens is 301 g/mol. The van der Waals surface area contributed by atoms with Crippen molar-refractivity contribution in [3.63, 3.8) is 0 Å². The van der Waals surface area contributed by atoms with E-state index in [0.717, 1.165) is 22.4 Å². The Bertz CT molecular complexity index is 281. The Balaban J connectivity index is 0.00000196. The highest BCUT2D eigenvalue weighted by molar-refractivity contribution is 5.05. The zero-order valence-corrected chi connectivity index (χ0v) is 12.4. The summed E-state index contributed by atoms with van der Waals surface area (Å²) in [6.45, 7) is 6.64. The first-order valence-corrected chi connectivity index (χ1v) is 5.41. The van der Waals surface area contributed by atoms with Gasteiger partial charge in [-0.05, 0) is 26.0 Å². The van der Waals surface area contributed by atoms with Crippen molar-refractivity contribution in [2.24, 2.45) is 0 Å². The van der Waals surface area contributed by atoms with Crippen LogP contribution in [0.5, 0.6) is 0 Å². The summed E-state index contributed by atoms with van der Waals surface area (Å²) in [4.78, 5) is 0. The normalized spacial score (nSPS) is 11.2. The molecule has 0 spiro atoms. The monoisotopic (exact) mass is 323 g/mol. The summed E-state index contributed by atoms with van der Waals surface area (Å²) in [5.74, 6) is 2.14. The van der Waals surface area contributed by atoms with Gasteiger partial charge in [-0.2, -0.15) is 0 Å². The maximum Gasteiger partial charge on any atom is 0.104 e. The average molecular weight is 323 g/mol. The quantitative estimate of drug-likeness (QED) is 0.532. The van der Waals surface area contributed by atoms with Crippen molar-refractivity contribution in [1.29, 1.82) is 0 Å². The van der Waals surface area contributed by atoms with Gasteiger partial charge in [0, 0.05) is 12.8 Å². The van der Waals surface area contributed by atoms with E-state index in [0.29, 0.717) is 0 Å². The van der Waals surface area contributed by atoms with Crippen LogP contribution in [0.3, 0.4) is 0 Å². The van der Waals surface area contributed by atoms with Crippen molar-refractivity contribution in [1.82, 2.24) is 0 Å². The Hall–Kier alpha value is -0.0300. The van der Waals surface area contributed by atoms with Gasteiger partial charge >= 0.3 is 0 Å². The summed E-state index contributed by atoms with van der Waals surface area (Å²) >= 11 is 0. The summed E-state index contributed by atoms with van der Waals surface area (Å²) in [6.07, 6.45) is 2.27. The lowest BCUT2D eigenvalue weighted by atomic mass is 10.2. The molecule has 2 nitrogen and oxygen atoms in total. The van der Waals surface area contributed by atoms with E-state index in [9.17, 15) is 0 Å². The number of rotatable bonds is 5. The number of hydrogen-bond donors (Lipinski definition) is 0. The fraction of sp³-hybridized carbons (Fsp3) is 0.667. The van der Waals surface area contributed by atoms with Crippen LogP contribution in [0.25, 0.3) is 0 Å². The Labute approximate surface area is 110 Å². The molecule has 0 saturated heterocycles. The lowest BCUT2D eigenvalue weighted by molar-refractivity contribution is -0.888. The van der Waals surface area contributed by atoms with E-state index in [2.05, 4.69) is 27.1 Å². The van der Waals surface area contributed by atoms with E-state index in [-0.39, 0.29) is 24.0 Å². The molecule has 0 unspecified atom stereocenters. The van der Waals surface area contributed by atoms with Crippen molar-refractivity contribution in [2.45, 2.75) is 26.7 Å². The molecule has 0 aromatic carbocycles. The van der Waals surface area contributed by atoms with Gasteiger partial charge in [0.25, 0.3) is 0 Å². The van der Waals surface area contributed by atoms with Crippen LogP contribution in [0.15, 0.2) is 16.5 Å². The number of aryl methyl sites for hydroxylation is 2. The fourth-order valence-corrected chi connectivity index (χ4v) is 1.46. The largest absolute Gasteiger partial charge is 1.00 e. The van der Waals surface area contributed by atoms with Crippen molar-refractivity contribution >= 4 is 0 Å². The topological polar surface area (TPSA) is 13.1 Å². The lowest BCUT2D eigenvalue weighted by Gasteiger charge is -2.27. The number of quaternary nitrogens is 1. The van der Waals surface area contributed by atoms with Crippen molar-refractivity contribution in [3.8, 4) is 0 Å². The average Bonchev–Trinajstić information content (AvgIpc) is 2.51. The van der Waals surface area contributed by atoms with Crippen LogP contribution in [0.2, 0.25) is 0 Å². The minimum absolute atomic E-state index is 0. The highest BCUT2D eigenvalue weighted by Crippen LogP contribution is 2.09.